The molecule has 5 nitrogen and oxygen atoms in total. The van der Waals surface area contributed by atoms with Crippen LogP contribution in [0.5, 0.6) is 0 Å². The molecule has 1 aliphatic heterocycles. The van der Waals surface area contributed by atoms with E-state index in [1.54, 1.807) is 0 Å². The first-order valence-electron chi connectivity index (χ1n) is 5.75. The van der Waals surface area contributed by atoms with E-state index in [-0.39, 0.29) is 5.56 Å². The fourth-order valence-corrected chi connectivity index (χ4v) is 1.78. The van der Waals surface area contributed by atoms with E-state index in [4.69, 9.17) is 4.74 Å². The first kappa shape index (κ1) is 11.1. The fraction of sp³-hybridized carbons (Fsp3) is 0.636. The molecular weight excluding hydrogens is 206 g/mol. The number of fused-ring (bicyclic) bond motifs is 1. The third kappa shape index (κ3) is 2.41. The zero-order chi connectivity index (χ0) is 11.4. The Hall–Kier alpha value is -1.36. The van der Waals surface area contributed by atoms with Gasteiger partial charge in [-0.25, -0.2) is 4.98 Å². The molecule has 0 aliphatic carbocycles. The Labute approximate surface area is 94.2 Å². The minimum absolute atomic E-state index is 0.0349. The molecule has 0 aromatic carbocycles. The first-order chi connectivity index (χ1) is 7.81. The molecular formula is C11H17N3O2. The van der Waals surface area contributed by atoms with Crippen LogP contribution in [-0.2, 0) is 17.8 Å². The molecule has 1 aromatic heterocycles. The van der Waals surface area contributed by atoms with Gasteiger partial charge in [0.25, 0.3) is 5.56 Å². The molecule has 0 amide bonds. The largest absolute Gasteiger partial charge is 0.374 e. The summed E-state index contributed by atoms with van der Waals surface area (Å²) in [6, 6.07) is 0. The second-order valence-corrected chi connectivity index (χ2v) is 3.92. The number of nitrogens with zero attached hydrogens (tertiary/aromatic N) is 1. The number of hydrogen-bond acceptors (Lipinski definition) is 4. The summed E-state index contributed by atoms with van der Waals surface area (Å²) in [4.78, 5) is 18.8. The molecule has 2 N–H and O–H groups in total. The summed E-state index contributed by atoms with van der Waals surface area (Å²) in [5, 5.41) is 3.15. The molecule has 5 heteroatoms. The lowest BCUT2D eigenvalue weighted by Crippen LogP contribution is -2.25. The Bertz CT molecular complexity index is 414. The van der Waals surface area contributed by atoms with E-state index >= 15 is 0 Å². The number of aromatic amines is 1. The van der Waals surface area contributed by atoms with Crippen LogP contribution in [0.3, 0.4) is 0 Å². The minimum atomic E-state index is -0.0349. The van der Waals surface area contributed by atoms with Gasteiger partial charge in [-0.05, 0) is 19.3 Å². The van der Waals surface area contributed by atoms with Crippen LogP contribution in [0.15, 0.2) is 4.79 Å². The SMILES string of the molecule is CCCOCc1nc2c(c(=O)[nH]1)CCCN2. The molecule has 16 heavy (non-hydrogen) atoms. The van der Waals surface area contributed by atoms with Crippen LogP contribution >= 0.6 is 0 Å². The zero-order valence-corrected chi connectivity index (χ0v) is 9.51. The van der Waals surface area contributed by atoms with Crippen molar-refractivity contribution in [2.45, 2.75) is 32.8 Å². The summed E-state index contributed by atoms with van der Waals surface area (Å²) >= 11 is 0. The highest BCUT2D eigenvalue weighted by Crippen LogP contribution is 2.14. The Kier molecular flexibility index (Phi) is 3.56. The second kappa shape index (κ2) is 5.12. The quantitative estimate of drug-likeness (QED) is 0.749. The molecule has 0 saturated heterocycles. The lowest BCUT2D eigenvalue weighted by molar-refractivity contribution is 0.116. The molecule has 0 atom stereocenters. The van der Waals surface area contributed by atoms with E-state index in [9.17, 15) is 4.79 Å². The van der Waals surface area contributed by atoms with Gasteiger partial charge < -0.3 is 15.0 Å². The molecule has 0 radical (unpaired) electrons. The van der Waals surface area contributed by atoms with Crippen molar-refractivity contribution in [3.8, 4) is 0 Å². The number of rotatable bonds is 4. The number of aromatic nitrogens is 2. The number of H-pyrrole nitrogens is 1. The predicted molar refractivity (Wildman–Crippen MR) is 61.6 cm³/mol. The van der Waals surface area contributed by atoms with Gasteiger partial charge in [0, 0.05) is 13.2 Å². The highest BCUT2D eigenvalue weighted by Gasteiger charge is 2.14. The van der Waals surface area contributed by atoms with E-state index in [1.165, 1.54) is 0 Å². The first-order valence-corrected chi connectivity index (χ1v) is 5.75. The highest BCUT2D eigenvalue weighted by atomic mass is 16.5. The molecule has 0 saturated carbocycles. The van der Waals surface area contributed by atoms with E-state index in [2.05, 4.69) is 15.3 Å². The molecule has 0 spiro atoms. The monoisotopic (exact) mass is 223 g/mol. The Morgan fingerprint density at radius 1 is 1.50 bits per heavy atom. The van der Waals surface area contributed by atoms with Gasteiger partial charge in [0.15, 0.2) is 0 Å². The van der Waals surface area contributed by atoms with Crippen molar-refractivity contribution in [2.24, 2.45) is 0 Å². The van der Waals surface area contributed by atoms with Gasteiger partial charge in [-0.15, -0.1) is 0 Å². The van der Waals surface area contributed by atoms with Crippen molar-refractivity contribution < 1.29 is 4.74 Å². The van der Waals surface area contributed by atoms with Gasteiger partial charge in [-0.3, -0.25) is 4.79 Å². The number of hydrogen-bond donors (Lipinski definition) is 2. The van der Waals surface area contributed by atoms with Gasteiger partial charge in [0.2, 0.25) is 0 Å². The third-order valence-electron chi connectivity index (χ3n) is 2.55. The lowest BCUT2D eigenvalue weighted by atomic mass is 10.1. The molecule has 2 heterocycles. The number of anilines is 1. The third-order valence-corrected chi connectivity index (χ3v) is 2.55. The molecule has 88 valence electrons. The maximum atomic E-state index is 11.7. The van der Waals surface area contributed by atoms with Crippen LogP contribution in [0.1, 0.15) is 31.2 Å². The van der Waals surface area contributed by atoms with E-state index in [0.717, 1.165) is 37.2 Å². The van der Waals surface area contributed by atoms with Crippen LogP contribution in [0, 0.1) is 0 Å². The van der Waals surface area contributed by atoms with E-state index in [1.807, 2.05) is 6.92 Å². The topological polar surface area (TPSA) is 67.0 Å². The summed E-state index contributed by atoms with van der Waals surface area (Å²) in [5.74, 6) is 1.33. The second-order valence-electron chi connectivity index (χ2n) is 3.92. The van der Waals surface area contributed by atoms with Crippen LogP contribution < -0.4 is 10.9 Å². The van der Waals surface area contributed by atoms with Crippen molar-refractivity contribution in [1.82, 2.24) is 9.97 Å². The molecule has 1 aromatic rings. The molecule has 0 fully saturated rings. The van der Waals surface area contributed by atoms with Crippen LogP contribution in [0.25, 0.3) is 0 Å². The standard InChI is InChI=1S/C11H17N3O2/c1-2-6-16-7-9-13-10-8(11(15)14-9)4-3-5-12-10/h2-7H2,1H3,(H2,12,13,14,15). The fourth-order valence-electron chi connectivity index (χ4n) is 1.78. The van der Waals surface area contributed by atoms with Crippen molar-refractivity contribution in [1.29, 1.82) is 0 Å². The van der Waals surface area contributed by atoms with Crippen LogP contribution in [0.2, 0.25) is 0 Å². The number of ether oxygens (including phenoxy) is 1. The van der Waals surface area contributed by atoms with E-state index in [0.29, 0.717) is 19.0 Å². The van der Waals surface area contributed by atoms with Crippen molar-refractivity contribution in [3.63, 3.8) is 0 Å². The smallest absolute Gasteiger partial charge is 0.256 e. The Morgan fingerprint density at radius 3 is 3.19 bits per heavy atom. The van der Waals surface area contributed by atoms with Gasteiger partial charge in [-0.2, -0.15) is 0 Å². The highest BCUT2D eigenvalue weighted by molar-refractivity contribution is 5.44. The maximum Gasteiger partial charge on any atom is 0.256 e. The van der Waals surface area contributed by atoms with Crippen molar-refractivity contribution in [3.05, 3.63) is 21.7 Å². The number of nitrogens with one attached hydrogen (secondary N) is 2. The minimum Gasteiger partial charge on any atom is -0.374 e. The van der Waals surface area contributed by atoms with Crippen molar-refractivity contribution >= 4 is 5.82 Å². The van der Waals surface area contributed by atoms with Crippen LogP contribution in [-0.4, -0.2) is 23.1 Å². The summed E-state index contributed by atoms with van der Waals surface area (Å²) < 4.78 is 5.35. The molecule has 0 bridgehead atoms. The summed E-state index contributed by atoms with van der Waals surface area (Å²) in [6.07, 6.45) is 2.76. The van der Waals surface area contributed by atoms with E-state index < -0.39 is 0 Å². The molecule has 0 unspecified atom stereocenters. The Balaban J connectivity index is 2.15. The predicted octanol–water partition coefficient (Wildman–Crippen LogP) is 1.05. The summed E-state index contributed by atoms with van der Waals surface area (Å²) in [7, 11) is 0. The average Bonchev–Trinajstić information content (AvgIpc) is 2.30. The van der Waals surface area contributed by atoms with Gasteiger partial charge in [0.05, 0.1) is 5.56 Å². The Morgan fingerprint density at radius 2 is 2.38 bits per heavy atom. The summed E-state index contributed by atoms with van der Waals surface area (Å²) in [5.41, 5.74) is 0.734. The lowest BCUT2D eigenvalue weighted by Gasteiger charge is -2.16. The normalized spacial score (nSPS) is 14.3. The summed E-state index contributed by atoms with van der Waals surface area (Å²) in [6.45, 7) is 4.00. The van der Waals surface area contributed by atoms with Gasteiger partial charge in [-0.1, -0.05) is 6.92 Å². The van der Waals surface area contributed by atoms with Gasteiger partial charge in [0.1, 0.15) is 18.2 Å². The average molecular weight is 223 g/mol. The molecule has 2 rings (SSSR count). The maximum absolute atomic E-state index is 11.7. The van der Waals surface area contributed by atoms with Crippen molar-refractivity contribution in [2.75, 3.05) is 18.5 Å². The van der Waals surface area contributed by atoms with Crippen LogP contribution in [0.4, 0.5) is 5.82 Å². The molecule has 1 aliphatic rings. The van der Waals surface area contributed by atoms with Gasteiger partial charge >= 0.3 is 0 Å². The zero-order valence-electron chi connectivity index (χ0n) is 9.51.